The molecule has 0 unspecified atom stereocenters. The van der Waals surface area contributed by atoms with Crippen LogP contribution in [0.2, 0.25) is 0 Å². The van der Waals surface area contributed by atoms with Gasteiger partial charge >= 0.3 is 0 Å². The Morgan fingerprint density at radius 1 is 0.818 bits per heavy atom. The SMILES string of the molecule is Cc1cc(CN(Cc2ccccc2)Cc2ccccc2)on1. The predicted molar refractivity (Wildman–Crippen MR) is 87.1 cm³/mol. The summed E-state index contributed by atoms with van der Waals surface area (Å²) in [5.41, 5.74) is 3.53. The summed E-state index contributed by atoms with van der Waals surface area (Å²) in [6.45, 7) is 4.47. The van der Waals surface area contributed by atoms with E-state index in [9.17, 15) is 0 Å². The molecular weight excluding hydrogens is 272 g/mol. The van der Waals surface area contributed by atoms with Crippen LogP contribution in [0.5, 0.6) is 0 Å². The molecular formula is C19H20N2O. The van der Waals surface area contributed by atoms with E-state index in [0.29, 0.717) is 0 Å². The molecule has 3 nitrogen and oxygen atoms in total. The van der Waals surface area contributed by atoms with Crippen molar-refractivity contribution in [2.75, 3.05) is 0 Å². The zero-order chi connectivity index (χ0) is 15.2. The second kappa shape index (κ2) is 7.05. The number of nitrogens with zero attached hydrogens (tertiary/aromatic N) is 2. The highest BCUT2D eigenvalue weighted by molar-refractivity contribution is 5.17. The van der Waals surface area contributed by atoms with Crippen molar-refractivity contribution in [3.63, 3.8) is 0 Å². The molecule has 1 aromatic heterocycles. The minimum absolute atomic E-state index is 0.755. The van der Waals surface area contributed by atoms with E-state index in [1.807, 2.05) is 25.1 Å². The Hall–Kier alpha value is -2.39. The Labute approximate surface area is 131 Å². The summed E-state index contributed by atoms with van der Waals surface area (Å²) in [7, 11) is 0. The highest BCUT2D eigenvalue weighted by atomic mass is 16.5. The summed E-state index contributed by atoms with van der Waals surface area (Å²) in [6, 6.07) is 23.0. The molecule has 3 rings (SSSR count). The second-order valence-corrected chi connectivity index (χ2v) is 5.55. The molecule has 0 saturated heterocycles. The van der Waals surface area contributed by atoms with Gasteiger partial charge in [-0.25, -0.2) is 0 Å². The van der Waals surface area contributed by atoms with E-state index in [4.69, 9.17) is 4.52 Å². The lowest BCUT2D eigenvalue weighted by atomic mass is 10.1. The second-order valence-electron chi connectivity index (χ2n) is 5.55. The van der Waals surface area contributed by atoms with Crippen LogP contribution in [0, 0.1) is 6.92 Å². The molecule has 0 aliphatic rings. The molecule has 0 radical (unpaired) electrons. The van der Waals surface area contributed by atoms with Crippen molar-refractivity contribution in [3.8, 4) is 0 Å². The molecule has 0 atom stereocenters. The predicted octanol–water partition coefficient (Wildman–Crippen LogP) is 4.19. The molecule has 0 spiro atoms. The normalized spacial score (nSPS) is 11.0. The molecule has 0 N–H and O–H groups in total. The van der Waals surface area contributed by atoms with Crippen molar-refractivity contribution in [1.29, 1.82) is 0 Å². The Kier molecular flexibility index (Phi) is 4.66. The lowest BCUT2D eigenvalue weighted by molar-refractivity contribution is 0.215. The third kappa shape index (κ3) is 4.06. The highest BCUT2D eigenvalue weighted by Crippen LogP contribution is 2.14. The molecule has 112 valence electrons. The van der Waals surface area contributed by atoms with Crippen molar-refractivity contribution in [2.24, 2.45) is 0 Å². The fraction of sp³-hybridized carbons (Fsp3) is 0.211. The van der Waals surface area contributed by atoms with Gasteiger partial charge in [0.15, 0.2) is 5.76 Å². The fourth-order valence-electron chi connectivity index (χ4n) is 2.56. The van der Waals surface area contributed by atoms with Crippen LogP contribution in [-0.4, -0.2) is 10.1 Å². The maximum Gasteiger partial charge on any atom is 0.150 e. The van der Waals surface area contributed by atoms with Gasteiger partial charge in [0.25, 0.3) is 0 Å². The number of hydrogen-bond donors (Lipinski definition) is 0. The van der Waals surface area contributed by atoms with E-state index in [-0.39, 0.29) is 0 Å². The minimum atomic E-state index is 0.755. The zero-order valence-electron chi connectivity index (χ0n) is 12.8. The molecule has 0 fully saturated rings. The third-order valence-corrected chi connectivity index (χ3v) is 3.55. The maximum atomic E-state index is 5.38. The zero-order valence-corrected chi connectivity index (χ0v) is 12.8. The van der Waals surface area contributed by atoms with E-state index >= 15 is 0 Å². The topological polar surface area (TPSA) is 29.3 Å². The Bertz CT molecular complexity index is 650. The fourth-order valence-corrected chi connectivity index (χ4v) is 2.56. The Morgan fingerprint density at radius 3 is 1.82 bits per heavy atom. The van der Waals surface area contributed by atoms with Gasteiger partial charge in [0.2, 0.25) is 0 Å². The number of hydrogen-bond acceptors (Lipinski definition) is 3. The Balaban J connectivity index is 1.75. The van der Waals surface area contributed by atoms with Crippen LogP contribution < -0.4 is 0 Å². The first-order chi connectivity index (χ1) is 10.8. The van der Waals surface area contributed by atoms with Crippen molar-refractivity contribution in [3.05, 3.63) is 89.3 Å². The molecule has 3 heteroatoms. The number of aryl methyl sites for hydroxylation is 1. The van der Waals surface area contributed by atoms with Crippen molar-refractivity contribution in [1.82, 2.24) is 10.1 Å². The molecule has 0 aliphatic heterocycles. The molecule has 0 saturated carbocycles. The average Bonchev–Trinajstić information content (AvgIpc) is 2.94. The van der Waals surface area contributed by atoms with Crippen LogP contribution in [0.25, 0.3) is 0 Å². The van der Waals surface area contributed by atoms with Gasteiger partial charge in [-0.05, 0) is 18.1 Å². The van der Waals surface area contributed by atoms with Gasteiger partial charge in [-0.15, -0.1) is 0 Å². The van der Waals surface area contributed by atoms with Gasteiger partial charge in [0.05, 0.1) is 12.2 Å². The summed E-state index contributed by atoms with van der Waals surface area (Å²) in [5.74, 6) is 0.907. The maximum absolute atomic E-state index is 5.38. The Morgan fingerprint density at radius 2 is 1.36 bits per heavy atom. The summed E-state index contributed by atoms with van der Waals surface area (Å²) >= 11 is 0. The van der Waals surface area contributed by atoms with E-state index in [0.717, 1.165) is 31.1 Å². The first kappa shape index (κ1) is 14.5. The molecule has 3 aromatic rings. The quantitative estimate of drug-likeness (QED) is 0.682. The van der Waals surface area contributed by atoms with Gasteiger partial charge < -0.3 is 4.52 Å². The first-order valence-electron chi connectivity index (χ1n) is 7.52. The van der Waals surface area contributed by atoms with Gasteiger partial charge in [-0.2, -0.15) is 0 Å². The first-order valence-corrected chi connectivity index (χ1v) is 7.52. The molecule has 22 heavy (non-hydrogen) atoms. The van der Waals surface area contributed by atoms with Crippen molar-refractivity contribution < 1.29 is 4.52 Å². The smallest absolute Gasteiger partial charge is 0.150 e. The minimum Gasteiger partial charge on any atom is -0.360 e. The molecule has 2 aromatic carbocycles. The average molecular weight is 292 g/mol. The highest BCUT2D eigenvalue weighted by Gasteiger charge is 2.11. The number of rotatable bonds is 6. The van der Waals surface area contributed by atoms with Crippen LogP contribution in [0.3, 0.4) is 0 Å². The van der Waals surface area contributed by atoms with Crippen LogP contribution in [0.15, 0.2) is 71.3 Å². The number of aromatic nitrogens is 1. The van der Waals surface area contributed by atoms with Crippen LogP contribution in [0.1, 0.15) is 22.6 Å². The molecule has 0 aliphatic carbocycles. The summed E-state index contributed by atoms with van der Waals surface area (Å²) in [4.78, 5) is 2.37. The molecule has 0 amide bonds. The lowest BCUT2D eigenvalue weighted by Gasteiger charge is -2.21. The van der Waals surface area contributed by atoms with E-state index in [2.05, 4.69) is 58.6 Å². The third-order valence-electron chi connectivity index (χ3n) is 3.55. The van der Waals surface area contributed by atoms with Crippen LogP contribution >= 0.6 is 0 Å². The van der Waals surface area contributed by atoms with Gasteiger partial charge in [0.1, 0.15) is 0 Å². The largest absolute Gasteiger partial charge is 0.360 e. The molecule has 1 heterocycles. The summed E-state index contributed by atoms with van der Waals surface area (Å²) < 4.78 is 5.38. The van der Waals surface area contributed by atoms with Crippen molar-refractivity contribution >= 4 is 0 Å². The summed E-state index contributed by atoms with van der Waals surface area (Å²) in [5, 5.41) is 3.98. The van der Waals surface area contributed by atoms with E-state index in [1.54, 1.807) is 0 Å². The summed E-state index contributed by atoms with van der Waals surface area (Å²) in [6.07, 6.45) is 0. The van der Waals surface area contributed by atoms with Gasteiger partial charge in [-0.1, -0.05) is 65.8 Å². The lowest BCUT2D eigenvalue weighted by Crippen LogP contribution is -2.22. The molecule has 0 bridgehead atoms. The standard InChI is InChI=1S/C19H20N2O/c1-16-12-19(22-20-16)15-21(13-17-8-4-2-5-9-17)14-18-10-6-3-7-11-18/h2-12H,13-15H2,1H3. The monoisotopic (exact) mass is 292 g/mol. The van der Waals surface area contributed by atoms with E-state index in [1.165, 1.54) is 11.1 Å². The van der Waals surface area contributed by atoms with Gasteiger partial charge in [0, 0.05) is 19.2 Å². The number of benzene rings is 2. The van der Waals surface area contributed by atoms with Gasteiger partial charge in [-0.3, -0.25) is 4.90 Å². The van der Waals surface area contributed by atoms with Crippen LogP contribution in [-0.2, 0) is 19.6 Å². The van der Waals surface area contributed by atoms with E-state index < -0.39 is 0 Å². The van der Waals surface area contributed by atoms with Crippen LogP contribution in [0.4, 0.5) is 0 Å². The van der Waals surface area contributed by atoms with Crippen molar-refractivity contribution in [2.45, 2.75) is 26.6 Å².